The van der Waals surface area contributed by atoms with Crippen molar-refractivity contribution in [1.82, 2.24) is 5.32 Å². The van der Waals surface area contributed by atoms with E-state index in [1.807, 2.05) is 109 Å². The lowest BCUT2D eigenvalue weighted by atomic mass is 9.99. The van der Waals surface area contributed by atoms with Crippen LogP contribution in [0.3, 0.4) is 0 Å². The fraction of sp³-hybridized carbons (Fsp3) is 0.0857. The van der Waals surface area contributed by atoms with E-state index in [-0.39, 0.29) is 6.42 Å². The van der Waals surface area contributed by atoms with Crippen LogP contribution >= 0.6 is 15.9 Å². The summed E-state index contributed by atoms with van der Waals surface area (Å²) in [5, 5.41) is 15.9. The molecule has 0 aromatic heterocycles. The van der Waals surface area contributed by atoms with Crippen molar-refractivity contribution in [1.29, 1.82) is 0 Å². The number of para-hydroxylation sites is 2. The fourth-order valence-corrected chi connectivity index (χ4v) is 4.91. The average Bonchev–Trinajstić information content (AvgIpc) is 3.03. The molecule has 0 aliphatic heterocycles. The zero-order valence-corrected chi connectivity index (χ0v) is 24.9. The first-order valence-corrected chi connectivity index (χ1v) is 14.3. The molecular formula is C35H29BrN2O5. The van der Waals surface area contributed by atoms with E-state index < -0.39 is 17.9 Å². The molecule has 1 amide bonds. The molecule has 7 nitrogen and oxygen atoms in total. The molecular weight excluding hydrogens is 608 g/mol. The quantitative estimate of drug-likeness (QED) is 0.136. The number of methoxy groups -OCH3 is 1. The van der Waals surface area contributed by atoms with Gasteiger partial charge in [-0.15, -0.1) is 0 Å². The van der Waals surface area contributed by atoms with Gasteiger partial charge in [0.1, 0.15) is 23.3 Å². The van der Waals surface area contributed by atoms with Gasteiger partial charge in [0.05, 0.1) is 18.4 Å². The van der Waals surface area contributed by atoms with Gasteiger partial charge in [-0.25, -0.2) is 4.79 Å². The lowest BCUT2D eigenvalue weighted by molar-refractivity contribution is -0.139. The maximum atomic E-state index is 13.4. The van der Waals surface area contributed by atoms with Gasteiger partial charge in [-0.05, 0) is 71.8 Å². The van der Waals surface area contributed by atoms with Crippen molar-refractivity contribution in [3.05, 3.63) is 137 Å². The maximum absolute atomic E-state index is 13.4. The number of nitrogens with one attached hydrogen (secondary N) is 2. The lowest BCUT2D eigenvalue weighted by Crippen LogP contribution is -2.42. The highest BCUT2D eigenvalue weighted by atomic mass is 79.9. The molecule has 0 saturated heterocycles. The summed E-state index contributed by atoms with van der Waals surface area (Å²) in [6.07, 6.45) is 0.110. The normalized spacial score (nSPS) is 11.3. The summed E-state index contributed by atoms with van der Waals surface area (Å²) in [7, 11) is 1.59. The molecule has 3 N–H and O–H groups in total. The van der Waals surface area contributed by atoms with Crippen molar-refractivity contribution in [3.8, 4) is 28.4 Å². The van der Waals surface area contributed by atoms with Crippen LogP contribution in [-0.4, -0.2) is 30.1 Å². The van der Waals surface area contributed by atoms with Gasteiger partial charge in [-0.1, -0.05) is 76.6 Å². The third-order valence-corrected chi connectivity index (χ3v) is 7.25. The Morgan fingerprint density at radius 2 is 1.51 bits per heavy atom. The number of hydrogen-bond acceptors (Lipinski definition) is 5. The number of hydrogen-bond donors (Lipinski definition) is 3. The number of carboxylic acid groups (broad SMARTS) is 1. The number of halogens is 1. The lowest BCUT2D eigenvalue weighted by Gasteiger charge is -2.18. The molecule has 0 fully saturated rings. The van der Waals surface area contributed by atoms with Gasteiger partial charge in [-0.2, -0.15) is 0 Å². The van der Waals surface area contributed by atoms with Crippen molar-refractivity contribution in [2.24, 2.45) is 0 Å². The highest BCUT2D eigenvalue weighted by Crippen LogP contribution is 2.33. The standard InChI is InChI=1S/C35H29BrN2O5/c1-42-27-18-16-26(17-19-27)37-31-20-15-25(36)22-30(31)34(39)38-32(35(40)41)21-23-11-13-24(14-12-23)29-9-5-6-10-33(29)43-28-7-3-2-4-8-28/h2-20,22,32,37H,21H2,1H3,(H,38,39)(H,40,41)/t32-/m0/s1. The Kier molecular flexibility index (Phi) is 9.39. The van der Waals surface area contributed by atoms with Crippen LogP contribution in [0.4, 0.5) is 11.4 Å². The van der Waals surface area contributed by atoms with Crippen LogP contribution in [-0.2, 0) is 11.2 Å². The van der Waals surface area contributed by atoms with E-state index in [0.29, 0.717) is 27.2 Å². The molecule has 8 heteroatoms. The van der Waals surface area contributed by atoms with E-state index in [9.17, 15) is 14.7 Å². The van der Waals surface area contributed by atoms with Crippen molar-refractivity contribution >= 4 is 39.2 Å². The molecule has 0 bridgehead atoms. The molecule has 5 rings (SSSR count). The Balaban J connectivity index is 1.30. The van der Waals surface area contributed by atoms with Crippen LogP contribution in [0, 0.1) is 0 Å². The third-order valence-electron chi connectivity index (χ3n) is 6.76. The Labute approximate surface area is 258 Å². The first-order chi connectivity index (χ1) is 20.9. The van der Waals surface area contributed by atoms with Gasteiger partial charge >= 0.3 is 5.97 Å². The molecule has 216 valence electrons. The number of carbonyl (C=O) groups excluding carboxylic acids is 1. The van der Waals surface area contributed by atoms with Gasteiger partial charge in [0.15, 0.2) is 0 Å². The number of ether oxygens (including phenoxy) is 2. The fourth-order valence-electron chi connectivity index (χ4n) is 4.54. The Hall–Kier alpha value is -5.08. The minimum Gasteiger partial charge on any atom is -0.497 e. The van der Waals surface area contributed by atoms with Gasteiger partial charge in [0.25, 0.3) is 5.91 Å². The smallest absolute Gasteiger partial charge is 0.326 e. The van der Waals surface area contributed by atoms with Gasteiger partial charge in [0, 0.05) is 22.1 Å². The number of carboxylic acids is 1. The molecule has 0 radical (unpaired) electrons. The number of benzene rings is 5. The molecule has 0 saturated carbocycles. The summed E-state index contributed by atoms with van der Waals surface area (Å²) in [5.41, 5.74) is 4.20. The first-order valence-electron chi connectivity index (χ1n) is 13.5. The van der Waals surface area contributed by atoms with E-state index in [0.717, 1.165) is 28.1 Å². The number of rotatable bonds is 11. The topological polar surface area (TPSA) is 96.9 Å². The summed E-state index contributed by atoms with van der Waals surface area (Å²) in [4.78, 5) is 25.6. The molecule has 1 atom stereocenters. The number of carbonyl (C=O) groups is 2. The molecule has 43 heavy (non-hydrogen) atoms. The number of anilines is 2. The van der Waals surface area contributed by atoms with Crippen LogP contribution in [0.5, 0.6) is 17.2 Å². The zero-order chi connectivity index (χ0) is 30.2. The summed E-state index contributed by atoms with van der Waals surface area (Å²) >= 11 is 3.42. The Morgan fingerprint density at radius 1 is 0.814 bits per heavy atom. The van der Waals surface area contributed by atoms with Crippen molar-refractivity contribution in [2.75, 3.05) is 12.4 Å². The van der Waals surface area contributed by atoms with Crippen LogP contribution in [0.1, 0.15) is 15.9 Å². The van der Waals surface area contributed by atoms with E-state index >= 15 is 0 Å². The molecule has 0 aliphatic rings. The largest absolute Gasteiger partial charge is 0.497 e. The van der Waals surface area contributed by atoms with Gasteiger partial charge in [0.2, 0.25) is 0 Å². The predicted octanol–water partition coefficient (Wildman–Crippen LogP) is 8.09. The summed E-state index contributed by atoms with van der Waals surface area (Å²) < 4.78 is 12.0. The first kappa shape index (κ1) is 29.4. The molecule has 5 aromatic carbocycles. The molecule has 0 aliphatic carbocycles. The molecule has 0 unspecified atom stereocenters. The SMILES string of the molecule is COc1ccc(Nc2ccc(Br)cc2C(=O)N[C@@H](Cc2ccc(-c3ccccc3Oc3ccccc3)cc2)C(=O)O)cc1. The minimum atomic E-state index is -1.14. The maximum Gasteiger partial charge on any atom is 0.326 e. The second kappa shape index (κ2) is 13.7. The second-order valence-electron chi connectivity index (χ2n) is 9.72. The number of aliphatic carboxylic acids is 1. The number of amides is 1. The average molecular weight is 638 g/mol. The van der Waals surface area contributed by atoms with Crippen molar-refractivity contribution in [3.63, 3.8) is 0 Å². The van der Waals surface area contributed by atoms with Crippen molar-refractivity contribution < 1.29 is 24.2 Å². The van der Waals surface area contributed by atoms with Crippen LogP contribution < -0.4 is 20.1 Å². The van der Waals surface area contributed by atoms with Crippen LogP contribution in [0.15, 0.2) is 126 Å². The van der Waals surface area contributed by atoms with E-state index in [1.165, 1.54) is 0 Å². The zero-order valence-electron chi connectivity index (χ0n) is 23.3. The second-order valence-corrected chi connectivity index (χ2v) is 10.6. The van der Waals surface area contributed by atoms with Crippen LogP contribution in [0.2, 0.25) is 0 Å². The highest BCUT2D eigenvalue weighted by molar-refractivity contribution is 9.10. The summed E-state index contributed by atoms with van der Waals surface area (Å²) in [6, 6.07) is 36.2. The van der Waals surface area contributed by atoms with E-state index in [2.05, 4.69) is 26.6 Å². The van der Waals surface area contributed by atoms with E-state index in [1.54, 1.807) is 19.2 Å². The molecule has 0 spiro atoms. The van der Waals surface area contributed by atoms with Crippen molar-refractivity contribution in [2.45, 2.75) is 12.5 Å². The Morgan fingerprint density at radius 3 is 2.21 bits per heavy atom. The highest BCUT2D eigenvalue weighted by Gasteiger charge is 2.23. The monoisotopic (exact) mass is 636 g/mol. The van der Waals surface area contributed by atoms with Gasteiger partial charge < -0.3 is 25.2 Å². The van der Waals surface area contributed by atoms with E-state index in [4.69, 9.17) is 9.47 Å². The summed E-state index contributed by atoms with van der Waals surface area (Å²) in [6.45, 7) is 0. The van der Waals surface area contributed by atoms with Gasteiger partial charge in [-0.3, -0.25) is 4.79 Å². The Bertz CT molecular complexity index is 1710. The minimum absolute atomic E-state index is 0.110. The molecule has 5 aromatic rings. The third kappa shape index (κ3) is 7.61. The van der Waals surface area contributed by atoms with Crippen LogP contribution in [0.25, 0.3) is 11.1 Å². The molecule has 0 heterocycles. The summed E-state index contributed by atoms with van der Waals surface area (Å²) in [5.74, 6) is 0.526. The predicted molar refractivity (Wildman–Crippen MR) is 171 cm³/mol.